The van der Waals surface area contributed by atoms with Gasteiger partial charge in [0.25, 0.3) is 5.56 Å². The Hall–Kier alpha value is -2.83. The van der Waals surface area contributed by atoms with E-state index >= 15 is 0 Å². The molecule has 1 aromatic carbocycles. The standard InChI is InChI=1S/C17H21N5O2/c1-9(2)14-12(24-5)7-6-11-15(14)16(21-22(4)17(11)23)18-13-8-10(3)19-20-13/h6-9H,1-5H3,(H2,18,19,20,21). The number of methoxy groups -OCH3 is 1. The fourth-order valence-electron chi connectivity index (χ4n) is 2.90. The molecular weight excluding hydrogens is 306 g/mol. The Kier molecular flexibility index (Phi) is 4.01. The maximum atomic E-state index is 12.5. The number of benzene rings is 1. The van der Waals surface area contributed by atoms with Crippen LogP contribution in [0.4, 0.5) is 11.6 Å². The van der Waals surface area contributed by atoms with Gasteiger partial charge in [0, 0.05) is 29.8 Å². The van der Waals surface area contributed by atoms with Gasteiger partial charge >= 0.3 is 0 Å². The lowest BCUT2D eigenvalue weighted by Crippen LogP contribution is -2.21. The molecule has 0 fully saturated rings. The second kappa shape index (κ2) is 5.99. The van der Waals surface area contributed by atoms with Crippen molar-refractivity contribution in [3.63, 3.8) is 0 Å². The highest BCUT2D eigenvalue weighted by Crippen LogP contribution is 2.36. The Labute approximate surface area is 139 Å². The highest BCUT2D eigenvalue weighted by molar-refractivity contribution is 5.97. The first kappa shape index (κ1) is 16.0. The average molecular weight is 327 g/mol. The van der Waals surface area contributed by atoms with Gasteiger partial charge in [-0.05, 0) is 25.0 Å². The molecule has 0 unspecified atom stereocenters. The molecule has 126 valence electrons. The van der Waals surface area contributed by atoms with E-state index in [1.807, 2.05) is 19.1 Å². The first-order valence-electron chi connectivity index (χ1n) is 7.79. The topological polar surface area (TPSA) is 84.8 Å². The van der Waals surface area contributed by atoms with E-state index in [1.165, 1.54) is 4.68 Å². The van der Waals surface area contributed by atoms with Crippen molar-refractivity contribution in [3.8, 4) is 5.75 Å². The number of nitrogens with one attached hydrogen (secondary N) is 2. The molecule has 0 aliphatic heterocycles. The molecule has 0 amide bonds. The first-order chi connectivity index (χ1) is 11.4. The molecule has 2 aromatic heterocycles. The molecule has 0 radical (unpaired) electrons. The van der Waals surface area contributed by atoms with Crippen LogP contribution in [0, 0.1) is 6.92 Å². The van der Waals surface area contributed by atoms with E-state index in [-0.39, 0.29) is 11.5 Å². The minimum atomic E-state index is -0.140. The fourth-order valence-corrected chi connectivity index (χ4v) is 2.90. The molecule has 7 heteroatoms. The van der Waals surface area contributed by atoms with Crippen LogP contribution in [0.2, 0.25) is 0 Å². The lowest BCUT2D eigenvalue weighted by atomic mass is 9.95. The minimum absolute atomic E-state index is 0.140. The molecule has 0 saturated heterocycles. The van der Waals surface area contributed by atoms with Gasteiger partial charge in [-0.25, -0.2) is 4.68 Å². The predicted octanol–water partition coefficient (Wildman–Crippen LogP) is 2.84. The van der Waals surface area contributed by atoms with Gasteiger partial charge in [-0.2, -0.15) is 10.2 Å². The van der Waals surface area contributed by atoms with Crippen LogP contribution < -0.4 is 15.6 Å². The van der Waals surface area contributed by atoms with Crippen LogP contribution in [-0.2, 0) is 7.05 Å². The van der Waals surface area contributed by atoms with Crippen LogP contribution in [0.25, 0.3) is 10.8 Å². The lowest BCUT2D eigenvalue weighted by Gasteiger charge is -2.17. The third-order valence-corrected chi connectivity index (χ3v) is 3.97. The summed E-state index contributed by atoms with van der Waals surface area (Å²) in [6, 6.07) is 5.50. The van der Waals surface area contributed by atoms with E-state index in [2.05, 4.69) is 34.5 Å². The number of anilines is 2. The van der Waals surface area contributed by atoms with Crippen LogP contribution in [0.15, 0.2) is 23.0 Å². The first-order valence-corrected chi connectivity index (χ1v) is 7.79. The molecule has 3 rings (SSSR count). The van der Waals surface area contributed by atoms with Crippen molar-refractivity contribution in [2.24, 2.45) is 7.05 Å². The van der Waals surface area contributed by atoms with Crippen molar-refractivity contribution < 1.29 is 4.74 Å². The smallest absolute Gasteiger partial charge is 0.274 e. The molecule has 24 heavy (non-hydrogen) atoms. The zero-order chi connectivity index (χ0) is 17.4. The number of aromatic nitrogens is 4. The van der Waals surface area contributed by atoms with E-state index in [4.69, 9.17) is 4.74 Å². The Bertz CT molecular complexity index is 956. The number of hydrogen-bond acceptors (Lipinski definition) is 5. The van der Waals surface area contributed by atoms with Crippen LogP contribution in [0.3, 0.4) is 0 Å². The molecule has 2 heterocycles. The molecular formula is C17H21N5O2. The van der Waals surface area contributed by atoms with Crippen LogP contribution >= 0.6 is 0 Å². The van der Waals surface area contributed by atoms with Crippen LogP contribution in [0.1, 0.15) is 31.0 Å². The molecule has 3 aromatic rings. The average Bonchev–Trinajstić information content (AvgIpc) is 2.95. The van der Waals surface area contributed by atoms with Crippen molar-refractivity contribution in [2.45, 2.75) is 26.7 Å². The van der Waals surface area contributed by atoms with Crippen molar-refractivity contribution in [1.29, 1.82) is 0 Å². The zero-order valence-corrected chi connectivity index (χ0v) is 14.5. The summed E-state index contributed by atoms with van der Waals surface area (Å²) in [4.78, 5) is 12.5. The summed E-state index contributed by atoms with van der Waals surface area (Å²) in [5.41, 5.74) is 1.75. The summed E-state index contributed by atoms with van der Waals surface area (Å²) in [6.45, 7) is 6.06. The SMILES string of the molecule is COc1ccc2c(=O)n(C)nc(Nc3cc(C)[nH]n3)c2c1C(C)C. The second-order valence-electron chi connectivity index (χ2n) is 6.10. The third kappa shape index (κ3) is 2.62. The zero-order valence-electron chi connectivity index (χ0n) is 14.5. The van der Waals surface area contributed by atoms with Crippen LogP contribution in [0.5, 0.6) is 5.75 Å². The molecule has 0 aliphatic rings. The number of rotatable bonds is 4. The highest BCUT2D eigenvalue weighted by atomic mass is 16.5. The summed E-state index contributed by atoms with van der Waals surface area (Å²) in [5, 5.41) is 16.1. The molecule has 0 spiro atoms. The Morgan fingerprint density at radius 1 is 1.33 bits per heavy atom. The number of hydrogen-bond donors (Lipinski definition) is 2. The Morgan fingerprint density at radius 2 is 2.08 bits per heavy atom. The van der Waals surface area contributed by atoms with Gasteiger partial charge in [-0.15, -0.1) is 0 Å². The Balaban J connectivity index is 2.34. The van der Waals surface area contributed by atoms with Crippen molar-refractivity contribution in [3.05, 3.63) is 39.8 Å². The molecule has 0 atom stereocenters. The highest BCUT2D eigenvalue weighted by Gasteiger charge is 2.19. The number of nitrogens with zero attached hydrogens (tertiary/aromatic N) is 3. The van der Waals surface area contributed by atoms with Gasteiger partial charge in [0.05, 0.1) is 12.5 Å². The van der Waals surface area contributed by atoms with Gasteiger partial charge in [-0.3, -0.25) is 9.89 Å². The van der Waals surface area contributed by atoms with Gasteiger partial charge in [0.2, 0.25) is 0 Å². The van der Waals surface area contributed by atoms with Crippen molar-refractivity contribution >= 4 is 22.4 Å². The quantitative estimate of drug-likeness (QED) is 0.769. The fraction of sp³-hybridized carbons (Fsp3) is 0.353. The summed E-state index contributed by atoms with van der Waals surface area (Å²) < 4.78 is 6.84. The largest absolute Gasteiger partial charge is 0.496 e. The van der Waals surface area contributed by atoms with E-state index in [1.54, 1.807) is 20.2 Å². The number of fused-ring (bicyclic) bond motifs is 1. The van der Waals surface area contributed by atoms with E-state index in [0.29, 0.717) is 17.0 Å². The number of aromatic amines is 1. The normalized spacial score (nSPS) is 11.2. The van der Waals surface area contributed by atoms with Crippen molar-refractivity contribution in [2.75, 3.05) is 12.4 Å². The molecule has 0 bridgehead atoms. The van der Waals surface area contributed by atoms with Gasteiger partial charge < -0.3 is 10.1 Å². The molecule has 0 saturated carbocycles. The van der Waals surface area contributed by atoms with Crippen LogP contribution in [-0.4, -0.2) is 27.1 Å². The van der Waals surface area contributed by atoms with E-state index in [0.717, 1.165) is 22.4 Å². The van der Waals surface area contributed by atoms with Gasteiger partial charge in [0.1, 0.15) is 5.75 Å². The van der Waals surface area contributed by atoms with Gasteiger partial charge in [0.15, 0.2) is 11.6 Å². The maximum absolute atomic E-state index is 12.5. The summed E-state index contributed by atoms with van der Waals surface area (Å²) in [5.74, 6) is 2.14. The lowest BCUT2D eigenvalue weighted by molar-refractivity contribution is 0.408. The predicted molar refractivity (Wildman–Crippen MR) is 94.2 cm³/mol. The van der Waals surface area contributed by atoms with Crippen molar-refractivity contribution in [1.82, 2.24) is 20.0 Å². The van der Waals surface area contributed by atoms with E-state index < -0.39 is 0 Å². The number of aryl methyl sites for hydroxylation is 2. The molecule has 0 aliphatic carbocycles. The summed E-state index contributed by atoms with van der Waals surface area (Å²) >= 11 is 0. The minimum Gasteiger partial charge on any atom is -0.496 e. The Morgan fingerprint density at radius 3 is 2.67 bits per heavy atom. The summed E-state index contributed by atoms with van der Waals surface area (Å²) in [7, 11) is 3.27. The third-order valence-electron chi connectivity index (χ3n) is 3.97. The van der Waals surface area contributed by atoms with Gasteiger partial charge in [-0.1, -0.05) is 13.8 Å². The van der Waals surface area contributed by atoms with E-state index in [9.17, 15) is 4.79 Å². The second-order valence-corrected chi connectivity index (χ2v) is 6.10. The number of ether oxygens (including phenoxy) is 1. The maximum Gasteiger partial charge on any atom is 0.274 e. The number of H-pyrrole nitrogens is 1. The molecule has 7 nitrogen and oxygen atoms in total. The monoisotopic (exact) mass is 327 g/mol. The summed E-state index contributed by atoms with van der Waals surface area (Å²) in [6.07, 6.45) is 0. The molecule has 2 N–H and O–H groups in total.